The van der Waals surface area contributed by atoms with Crippen LogP contribution in [0.1, 0.15) is 55.3 Å². The lowest BCUT2D eigenvalue weighted by atomic mass is 9.73. The van der Waals surface area contributed by atoms with Crippen molar-refractivity contribution in [1.29, 1.82) is 0 Å². The Hall–Kier alpha value is -1.63. The van der Waals surface area contributed by atoms with Crippen molar-refractivity contribution in [3.05, 3.63) is 48.0 Å². The Morgan fingerprint density at radius 3 is 2.48 bits per heavy atom. The van der Waals surface area contributed by atoms with Gasteiger partial charge in [0.1, 0.15) is 0 Å². The highest BCUT2D eigenvalue weighted by atomic mass is 16.1. The topological polar surface area (TPSA) is 17.1 Å². The van der Waals surface area contributed by atoms with Crippen molar-refractivity contribution < 1.29 is 4.79 Å². The Labute approximate surface area is 126 Å². The first-order chi connectivity index (χ1) is 10.3. The molecule has 2 saturated carbocycles. The van der Waals surface area contributed by atoms with E-state index in [9.17, 15) is 4.79 Å². The minimum atomic E-state index is 0.269. The van der Waals surface area contributed by atoms with Crippen LogP contribution in [-0.2, 0) is 0 Å². The van der Waals surface area contributed by atoms with Crippen molar-refractivity contribution in [2.24, 2.45) is 11.3 Å². The summed E-state index contributed by atoms with van der Waals surface area (Å²) in [5.74, 6) is 0.678. The molecule has 0 saturated heterocycles. The monoisotopic (exact) mass is 278 g/mol. The molecule has 2 fully saturated rings. The van der Waals surface area contributed by atoms with E-state index < -0.39 is 0 Å². The van der Waals surface area contributed by atoms with E-state index in [1.54, 1.807) is 0 Å². The molecule has 0 radical (unpaired) electrons. The third kappa shape index (κ3) is 2.02. The van der Waals surface area contributed by atoms with E-state index in [4.69, 9.17) is 0 Å². The lowest BCUT2D eigenvalue weighted by Gasteiger charge is -2.30. The quantitative estimate of drug-likeness (QED) is 0.674. The van der Waals surface area contributed by atoms with Crippen LogP contribution in [0.25, 0.3) is 10.8 Å². The number of ketones is 1. The molecule has 4 rings (SSSR count). The maximum Gasteiger partial charge on any atom is 0.167 e. The first-order valence-corrected chi connectivity index (χ1v) is 8.32. The van der Waals surface area contributed by atoms with Gasteiger partial charge in [-0.2, -0.15) is 0 Å². The predicted octanol–water partition coefficient (Wildman–Crippen LogP) is 5.38. The molecule has 0 heterocycles. The summed E-state index contributed by atoms with van der Waals surface area (Å²) in [6.45, 7) is 0. The third-order valence-corrected chi connectivity index (χ3v) is 5.88. The zero-order chi connectivity index (χ0) is 14.3. The predicted molar refractivity (Wildman–Crippen MR) is 86.5 cm³/mol. The van der Waals surface area contributed by atoms with Crippen LogP contribution in [-0.4, -0.2) is 5.78 Å². The average Bonchev–Trinajstić information content (AvgIpc) is 3.17. The van der Waals surface area contributed by atoms with Crippen molar-refractivity contribution in [2.45, 2.75) is 44.9 Å². The van der Waals surface area contributed by atoms with E-state index in [-0.39, 0.29) is 5.92 Å². The summed E-state index contributed by atoms with van der Waals surface area (Å²) in [7, 11) is 0. The smallest absolute Gasteiger partial charge is 0.167 e. The minimum absolute atomic E-state index is 0.269. The fourth-order valence-corrected chi connectivity index (χ4v) is 4.85. The molecule has 21 heavy (non-hydrogen) atoms. The van der Waals surface area contributed by atoms with Crippen LogP contribution in [0.4, 0.5) is 0 Å². The molecule has 2 aliphatic rings. The summed E-state index contributed by atoms with van der Waals surface area (Å²) in [5.41, 5.74) is 1.29. The van der Waals surface area contributed by atoms with Gasteiger partial charge >= 0.3 is 0 Å². The number of hydrogen-bond acceptors (Lipinski definition) is 1. The summed E-state index contributed by atoms with van der Waals surface area (Å²) in [6.07, 6.45) is 8.79. The number of carbonyl (C=O) groups excluding carboxylic acids is 1. The van der Waals surface area contributed by atoms with Gasteiger partial charge in [-0.15, -0.1) is 0 Å². The first-order valence-electron chi connectivity index (χ1n) is 8.32. The number of carbonyl (C=O) groups is 1. The van der Waals surface area contributed by atoms with Crippen molar-refractivity contribution in [3.63, 3.8) is 0 Å². The molecule has 2 aliphatic carbocycles. The van der Waals surface area contributed by atoms with Crippen molar-refractivity contribution in [1.82, 2.24) is 0 Å². The normalized spacial score (nSPS) is 23.9. The van der Waals surface area contributed by atoms with Gasteiger partial charge < -0.3 is 0 Å². The van der Waals surface area contributed by atoms with Crippen LogP contribution in [0.5, 0.6) is 0 Å². The van der Waals surface area contributed by atoms with Crippen LogP contribution < -0.4 is 0 Å². The molecule has 0 aromatic heterocycles. The summed E-state index contributed by atoms with van der Waals surface area (Å²) in [5, 5.41) is 2.31. The highest BCUT2D eigenvalue weighted by molar-refractivity contribution is 6.09. The largest absolute Gasteiger partial charge is 0.294 e. The first kappa shape index (κ1) is 13.1. The lowest BCUT2D eigenvalue weighted by molar-refractivity contribution is 0.0806. The number of benzene rings is 2. The van der Waals surface area contributed by atoms with Gasteiger partial charge in [-0.05, 0) is 41.9 Å². The third-order valence-electron chi connectivity index (χ3n) is 5.88. The standard InChI is InChI=1S/C20H22O/c21-19(18-11-6-14-20(18)12-3-4-13-20)17-10-5-8-15-7-1-2-9-16(15)17/h1-2,5,7-10,18H,3-4,6,11-14H2. The molecule has 0 amide bonds. The van der Waals surface area contributed by atoms with Gasteiger partial charge in [0.15, 0.2) is 5.78 Å². The minimum Gasteiger partial charge on any atom is -0.294 e. The molecule has 0 N–H and O–H groups in total. The Bertz CT molecular complexity index is 668. The second-order valence-corrected chi connectivity index (χ2v) is 6.91. The fraction of sp³-hybridized carbons (Fsp3) is 0.450. The van der Waals surface area contributed by atoms with E-state index in [2.05, 4.69) is 18.2 Å². The Kier molecular flexibility index (Phi) is 3.10. The fourth-order valence-electron chi connectivity index (χ4n) is 4.85. The maximum absolute atomic E-state index is 13.2. The van der Waals surface area contributed by atoms with Crippen molar-refractivity contribution in [3.8, 4) is 0 Å². The van der Waals surface area contributed by atoms with Gasteiger partial charge in [-0.3, -0.25) is 4.79 Å². The van der Waals surface area contributed by atoms with Crippen LogP contribution >= 0.6 is 0 Å². The number of rotatable bonds is 2. The molecule has 1 unspecified atom stereocenters. The molecule has 0 bridgehead atoms. The summed E-state index contributed by atoms with van der Waals surface area (Å²) < 4.78 is 0. The van der Waals surface area contributed by atoms with Crippen molar-refractivity contribution >= 4 is 16.6 Å². The van der Waals surface area contributed by atoms with Gasteiger partial charge in [0.2, 0.25) is 0 Å². The molecular formula is C20H22O. The summed E-state index contributed by atoms with van der Waals surface area (Å²) in [4.78, 5) is 13.2. The molecular weight excluding hydrogens is 256 g/mol. The SMILES string of the molecule is O=C(c1cccc2ccccc12)C1CCCC12CCCC2. The molecule has 2 aromatic carbocycles. The molecule has 1 spiro atoms. The van der Waals surface area contributed by atoms with Crippen molar-refractivity contribution in [2.75, 3.05) is 0 Å². The number of hydrogen-bond donors (Lipinski definition) is 0. The average molecular weight is 278 g/mol. The summed E-state index contributed by atoms with van der Waals surface area (Å²) in [6, 6.07) is 14.5. The lowest BCUT2D eigenvalue weighted by Crippen LogP contribution is -2.29. The zero-order valence-electron chi connectivity index (χ0n) is 12.5. The van der Waals surface area contributed by atoms with Gasteiger partial charge in [-0.25, -0.2) is 0 Å². The molecule has 0 aliphatic heterocycles. The van der Waals surface area contributed by atoms with Gasteiger partial charge in [0.25, 0.3) is 0 Å². The Morgan fingerprint density at radius 2 is 1.62 bits per heavy atom. The van der Waals surface area contributed by atoms with E-state index in [0.29, 0.717) is 11.2 Å². The van der Waals surface area contributed by atoms with E-state index >= 15 is 0 Å². The van der Waals surface area contributed by atoms with Crippen LogP contribution in [0.2, 0.25) is 0 Å². The molecule has 1 heteroatoms. The Balaban J connectivity index is 1.76. The summed E-state index contributed by atoms with van der Waals surface area (Å²) >= 11 is 0. The van der Waals surface area contributed by atoms with Gasteiger partial charge in [0, 0.05) is 11.5 Å². The van der Waals surface area contributed by atoms with Gasteiger partial charge in [-0.1, -0.05) is 61.7 Å². The zero-order valence-corrected chi connectivity index (χ0v) is 12.5. The molecule has 2 aromatic rings. The number of Topliss-reactive ketones (excluding diaryl/α,β-unsaturated/α-hetero) is 1. The highest BCUT2D eigenvalue weighted by Crippen LogP contribution is 2.55. The molecule has 108 valence electrons. The molecule has 1 atom stereocenters. The second kappa shape index (κ2) is 4.98. The maximum atomic E-state index is 13.2. The Morgan fingerprint density at radius 1 is 0.905 bits per heavy atom. The number of fused-ring (bicyclic) bond motifs is 1. The van der Waals surface area contributed by atoms with Crippen LogP contribution in [0, 0.1) is 11.3 Å². The highest BCUT2D eigenvalue weighted by Gasteiger charge is 2.47. The second-order valence-electron chi connectivity index (χ2n) is 6.91. The van der Waals surface area contributed by atoms with E-state index in [1.165, 1.54) is 43.9 Å². The van der Waals surface area contributed by atoms with Crippen LogP contribution in [0.3, 0.4) is 0 Å². The van der Waals surface area contributed by atoms with E-state index in [1.807, 2.05) is 24.3 Å². The van der Waals surface area contributed by atoms with Gasteiger partial charge in [0.05, 0.1) is 0 Å². The van der Waals surface area contributed by atoms with E-state index in [0.717, 1.165) is 17.4 Å². The van der Waals surface area contributed by atoms with Crippen LogP contribution in [0.15, 0.2) is 42.5 Å². The molecule has 1 nitrogen and oxygen atoms in total.